The summed E-state index contributed by atoms with van der Waals surface area (Å²) < 4.78 is 0. The molecule has 1 N–H and O–H groups in total. The van der Waals surface area contributed by atoms with E-state index >= 15 is 0 Å². The predicted octanol–water partition coefficient (Wildman–Crippen LogP) is 2.17. The first-order valence-corrected chi connectivity index (χ1v) is 5.79. The molecule has 3 nitrogen and oxygen atoms in total. The number of aryl methyl sites for hydroxylation is 1. The lowest BCUT2D eigenvalue weighted by Crippen LogP contribution is -2.28. The average Bonchev–Trinajstić information content (AvgIpc) is 2.21. The van der Waals surface area contributed by atoms with Gasteiger partial charge in [-0.25, -0.2) is 0 Å². The van der Waals surface area contributed by atoms with Crippen molar-refractivity contribution in [1.82, 2.24) is 4.90 Å². The molecule has 1 rings (SSSR count). The quantitative estimate of drug-likeness (QED) is 0.857. The Morgan fingerprint density at radius 1 is 1.53 bits per heavy atom. The summed E-state index contributed by atoms with van der Waals surface area (Å²) in [4.78, 5) is 13.4. The highest BCUT2D eigenvalue weighted by molar-refractivity contribution is 9.09. The van der Waals surface area contributed by atoms with E-state index in [9.17, 15) is 9.90 Å². The average molecular weight is 272 g/mol. The maximum Gasteiger partial charge on any atom is 0.253 e. The van der Waals surface area contributed by atoms with Gasteiger partial charge in [-0.05, 0) is 24.6 Å². The third kappa shape index (κ3) is 2.96. The minimum absolute atomic E-state index is 0.0789. The molecule has 82 valence electrons. The summed E-state index contributed by atoms with van der Waals surface area (Å²) in [6, 6.07) is 4.97. The van der Waals surface area contributed by atoms with E-state index in [-0.39, 0.29) is 11.7 Å². The molecule has 0 aliphatic carbocycles. The second kappa shape index (κ2) is 5.16. The van der Waals surface area contributed by atoms with Crippen molar-refractivity contribution in [2.45, 2.75) is 6.92 Å². The van der Waals surface area contributed by atoms with Gasteiger partial charge < -0.3 is 10.0 Å². The van der Waals surface area contributed by atoms with Crippen LogP contribution >= 0.6 is 15.9 Å². The standard InChI is InChI=1S/C11H14BrNO2/c1-8-3-4-9(7-10(8)14)11(15)13(2)6-5-12/h3-4,7,14H,5-6H2,1-2H3. The molecule has 0 saturated heterocycles. The number of carbonyl (C=O) groups is 1. The maximum absolute atomic E-state index is 11.8. The highest BCUT2D eigenvalue weighted by atomic mass is 79.9. The molecule has 0 spiro atoms. The van der Waals surface area contributed by atoms with Gasteiger partial charge in [0.1, 0.15) is 5.75 Å². The Hall–Kier alpha value is -1.03. The van der Waals surface area contributed by atoms with Crippen LogP contribution in [0.3, 0.4) is 0 Å². The van der Waals surface area contributed by atoms with Crippen molar-refractivity contribution in [2.75, 3.05) is 18.9 Å². The first-order valence-electron chi connectivity index (χ1n) is 4.67. The van der Waals surface area contributed by atoms with Gasteiger partial charge in [0.2, 0.25) is 0 Å². The minimum Gasteiger partial charge on any atom is -0.508 e. The topological polar surface area (TPSA) is 40.5 Å². The van der Waals surface area contributed by atoms with E-state index in [1.165, 1.54) is 6.07 Å². The molecule has 0 aliphatic rings. The summed E-state index contributed by atoms with van der Waals surface area (Å²) in [5, 5.41) is 10.2. The van der Waals surface area contributed by atoms with Gasteiger partial charge in [0.25, 0.3) is 5.91 Å². The van der Waals surface area contributed by atoms with Crippen LogP contribution < -0.4 is 0 Å². The summed E-state index contributed by atoms with van der Waals surface area (Å²) in [6.45, 7) is 2.44. The van der Waals surface area contributed by atoms with Gasteiger partial charge >= 0.3 is 0 Å². The largest absolute Gasteiger partial charge is 0.508 e. The van der Waals surface area contributed by atoms with Crippen LogP contribution in [-0.4, -0.2) is 34.8 Å². The fourth-order valence-electron chi connectivity index (χ4n) is 1.19. The lowest BCUT2D eigenvalue weighted by atomic mass is 10.1. The molecule has 1 aromatic carbocycles. The smallest absolute Gasteiger partial charge is 0.253 e. The van der Waals surface area contributed by atoms with E-state index in [0.29, 0.717) is 12.1 Å². The lowest BCUT2D eigenvalue weighted by Gasteiger charge is -2.15. The van der Waals surface area contributed by atoms with Crippen LogP contribution in [0.15, 0.2) is 18.2 Å². The number of amides is 1. The Morgan fingerprint density at radius 2 is 2.20 bits per heavy atom. The number of hydrogen-bond acceptors (Lipinski definition) is 2. The molecule has 0 heterocycles. The van der Waals surface area contributed by atoms with Crippen LogP contribution in [0.25, 0.3) is 0 Å². The molecule has 0 saturated carbocycles. The third-order valence-electron chi connectivity index (χ3n) is 2.22. The van der Waals surface area contributed by atoms with Crippen LogP contribution in [0.1, 0.15) is 15.9 Å². The number of rotatable bonds is 3. The van der Waals surface area contributed by atoms with Gasteiger partial charge in [-0.2, -0.15) is 0 Å². The zero-order valence-electron chi connectivity index (χ0n) is 8.83. The van der Waals surface area contributed by atoms with E-state index in [4.69, 9.17) is 0 Å². The molecule has 0 aliphatic heterocycles. The van der Waals surface area contributed by atoms with Gasteiger partial charge in [0.15, 0.2) is 0 Å². The van der Waals surface area contributed by atoms with Gasteiger partial charge in [0, 0.05) is 24.5 Å². The second-order valence-electron chi connectivity index (χ2n) is 3.42. The first kappa shape index (κ1) is 12.0. The number of phenolic OH excluding ortho intramolecular Hbond substituents is 1. The molecule has 0 unspecified atom stereocenters. The fraction of sp³-hybridized carbons (Fsp3) is 0.364. The molecule has 0 atom stereocenters. The number of nitrogens with zero attached hydrogens (tertiary/aromatic N) is 1. The van der Waals surface area contributed by atoms with Crippen molar-refractivity contribution >= 4 is 21.8 Å². The van der Waals surface area contributed by atoms with Crippen LogP contribution in [-0.2, 0) is 0 Å². The molecule has 4 heteroatoms. The Morgan fingerprint density at radius 3 is 2.73 bits per heavy atom. The highest BCUT2D eigenvalue weighted by Crippen LogP contribution is 2.18. The molecular weight excluding hydrogens is 258 g/mol. The molecule has 0 fully saturated rings. The SMILES string of the molecule is Cc1ccc(C(=O)N(C)CCBr)cc1O. The first-order chi connectivity index (χ1) is 7.06. The maximum atomic E-state index is 11.8. The lowest BCUT2D eigenvalue weighted by molar-refractivity contribution is 0.0803. The summed E-state index contributed by atoms with van der Waals surface area (Å²) in [5.41, 5.74) is 1.29. The van der Waals surface area contributed by atoms with Crippen LogP contribution in [0.2, 0.25) is 0 Å². The van der Waals surface area contributed by atoms with E-state index in [1.807, 2.05) is 0 Å². The summed E-state index contributed by atoms with van der Waals surface area (Å²) in [7, 11) is 1.74. The Kier molecular flexibility index (Phi) is 4.15. The van der Waals surface area contributed by atoms with Crippen molar-refractivity contribution in [3.8, 4) is 5.75 Å². The van der Waals surface area contributed by atoms with E-state index in [1.54, 1.807) is 31.0 Å². The number of halogens is 1. The summed E-state index contributed by atoms with van der Waals surface area (Å²) >= 11 is 3.27. The molecule has 1 amide bonds. The fourth-order valence-corrected chi connectivity index (χ4v) is 1.72. The zero-order valence-corrected chi connectivity index (χ0v) is 10.4. The van der Waals surface area contributed by atoms with Crippen molar-refractivity contribution in [2.24, 2.45) is 0 Å². The van der Waals surface area contributed by atoms with E-state index < -0.39 is 0 Å². The third-order valence-corrected chi connectivity index (χ3v) is 2.58. The Bertz CT molecular complexity index is 366. The van der Waals surface area contributed by atoms with Crippen molar-refractivity contribution in [1.29, 1.82) is 0 Å². The van der Waals surface area contributed by atoms with Crippen LogP contribution in [0.5, 0.6) is 5.75 Å². The summed E-state index contributed by atoms with van der Waals surface area (Å²) in [5.74, 6) is 0.0813. The number of carbonyl (C=O) groups excluding carboxylic acids is 1. The van der Waals surface area contributed by atoms with Gasteiger partial charge in [-0.3, -0.25) is 4.79 Å². The van der Waals surface area contributed by atoms with Gasteiger partial charge in [-0.1, -0.05) is 22.0 Å². The zero-order chi connectivity index (χ0) is 11.4. The number of aromatic hydroxyl groups is 1. The van der Waals surface area contributed by atoms with Gasteiger partial charge in [-0.15, -0.1) is 0 Å². The normalized spacial score (nSPS) is 10.1. The van der Waals surface area contributed by atoms with Crippen molar-refractivity contribution < 1.29 is 9.90 Å². The number of alkyl halides is 1. The molecule has 1 aromatic rings. The van der Waals surface area contributed by atoms with E-state index in [2.05, 4.69) is 15.9 Å². The highest BCUT2D eigenvalue weighted by Gasteiger charge is 2.11. The monoisotopic (exact) mass is 271 g/mol. The minimum atomic E-state index is -0.0789. The van der Waals surface area contributed by atoms with Crippen molar-refractivity contribution in [3.05, 3.63) is 29.3 Å². The molecule has 0 radical (unpaired) electrons. The Labute approximate surface area is 97.8 Å². The number of benzene rings is 1. The molecular formula is C11H14BrNO2. The summed E-state index contributed by atoms with van der Waals surface area (Å²) in [6.07, 6.45) is 0. The van der Waals surface area contributed by atoms with Crippen molar-refractivity contribution in [3.63, 3.8) is 0 Å². The van der Waals surface area contributed by atoms with E-state index in [0.717, 1.165) is 10.9 Å². The van der Waals surface area contributed by atoms with Gasteiger partial charge in [0.05, 0.1) is 0 Å². The second-order valence-corrected chi connectivity index (χ2v) is 4.21. The molecule has 0 aromatic heterocycles. The van der Waals surface area contributed by atoms with Crippen LogP contribution in [0, 0.1) is 6.92 Å². The van der Waals surface area contributed by atoms with Crippen LogP contribution in [0.4, 0.5) is 0 Å². The number of hydrogen-bond donors (Lipinski definition) is 1. The Balaban J connectivity index is 2.87. The predicted molar refractivity (Wildman–Crippen MR) is 63.6 cm³/mol. The molecule has 15 heavy (non-hydrogen) atoms. The molecule has 0 bridgehead atoms. The number of phenols is 1.